The van der Waals surface area contributed by atoms with Crippen molar-refractivity contribution in [3.05, 3.63) is 48.0 Å². The topological polar surface area (TPSA) is 77.1 Å². The number of benzene rings is 2. The second kappa shape index (κ2) is 8.65. The van der Waals surface area contributed by atoms with Crippen molar-refractivity contribution in [1.82, 2.24) is 5.32 Å². The minimum Gasteiger partial charge on any atom is -0.495 e. The average Bonchev–Trinajstić information content (AvgIpc) is 3.23. The van der Waals surface area contributed by atoms with Gasteiger partial charge in [0, 0.05) is 11.6 Å². The van der Waals surface area contributed by atoms with Crippen molar-refractivity contribution in [2.24, 2.45) is 0 Å². The van der Waals surface area contributed by atoms with E-state index in [9.17, 15) is 9.59 Å². The Balaban J connectivity index is 1.84. The van der Waals surface area contributed by atoms with Gasteiger partial charge in [0.1, 0.15) is 11.8 Å². The summed E-state index contributed by atoms with van der Waals surface area (Å²) in [6.45, 7) is -0.210. The Morgan fingerprint density at radius 3 is 2.47 bits per heavy atom. The fourth-order valence-electron chi connectivity index (χ4n) is 4.26. The summed E-state index contributed by atoms with van der Waals surface area (Å²) in [6, 6.07) is 11.8. The number of hydrogen-bond donors (Lipinski definition) is 1. The zero-order chi connectivity index (χ0) is 21.1. The maximum atomic E-state index is 13.6. The van der Waals surface area contributed by atoms with Gasteiger partial charge in [-0.1, -0.05) is 37.1 Å². The van der Waals surface area contributed by atoms with Crippen LogP contribution in [0.25, 0.3) is 0 Å². The van der Waals surface area contributed by atoms with Gasteiger partial charge in [0.25, 0.3) is 5.91 Å². The van der Waals surface area contributed by atoms with E-state index in [1.165, 1.54) is 12.0 Å². The predicted octanol–water partition coefficient (Wildman–Crippen LogP) is 3.23. The fourth-order valence-corrected chi connectivity index (χ4v) is 4.26. The van der Waals surface area contributed by atoms with Crippen molar-refractivity contribution in [1.29, 1.82) is 0 Å². The van der Waals surface area contributed by atoms with Crippen LogP contribution in [0.1, 0.15) is 37.3 Å². The molecule has 1 aliphatic carbocycles. The summed E-state index contributed by atoms with van der Waals surface area (Å²) in [4.78, 5) is 28.3. The van der Waals surface area contributed by atoms with E-state index in [1.54, 1.807) is 37.4 Å². The molecule has 1 N–H and O–H groups in total. The smallest absolute Gasteiger partial charge is 0.266 e. The maximum absolute atomic E-state index is 13.6. The van der Waals surface area contributed by atoms with Crippen LogP contribution in [0, 0.1) is 0 Å². The van der Waals surface area contributed by atoms with Gasteiger partial charge in [-0.3, -0.25) is 14.5 Å². The Morgan fingerprint density at radius 2 is 1.73 bits per heavy atom. The number of ether oxygens (including phenoxy) is 3. The molecule has 2 amide bonds. The third-order valence-corrected chi connectivity index (χ3v) is 5.69. The summed E-state index contributed by atoms with van der Waals surface area (Å²) in [5, 5.41) is 3.14. The van der Waals surface area contributed by atoms with Crippen molar-refractivity contribution < 1.29 is 23.8 Å². The van der Waals surface area contributed by atoms with Crippen LogP contribution in [0.2, 0.25) is 0 Å². The molecule has 1 fully saturated rings. The van der Waals surface area contributed by atoms with E-state index in [4.69, 9.17) is 14.2 Å². The Kier molecular flexibility index (Phi) is 5.79. The first-order valence-corrected chi connectivity index (χ1v) is 10.2. The summed E-state index contributed by atoms with van der Waals surface area (Å²) < 4.78 is 16.8. The first kappa shape index (κ1) is 20.1. The molecule has 30 heavy (non-hydrogen) atoms. The molecule has 0 radical (unpaired) electrons. The van der Waals surface area contributed by atoms with Gasteiger partial charge in [0.2, 0.25) is 5.91 Å². The van der Waals surface area contributed by atoms with Crippen LogP contribution in [-0.2, 0) is 9.59 Å². The largest absolute Gasteiger partial charge is 0.495 e. The number of carbonyl (C=O) groups is 2. The molecule has 0 aromatic heterocycles. The Morgan fingerprint density at radius 1 is 1.03 bits per heavy atom. The molecule has 2 aromatic rings. The number of hydrogen-bond acceptors (Lipinski definition) is 5. The van der Waals surface area contributed by atoms with E-state index in [-0.39, 0.29) is 24.5 Å². The van der Waals surface area contributed by atoms with Gasteiger partial charge >= 0.3 is 0 Å². The molecule has 1 atom stereocenters. The van der Waals surface area contributed by atoms with Crippen LogP contribution >= 0.6 is 0 Å². The highest BCUT2D eigenvalue weighted by Crippen LogP contribution is 2.43. The van der Waals surface area contributed by atoms with Crippen LogP contribution < -0.4 is 24.4 Å². The molecule has 2 aliphatic rings. The van der Waals surface area contributed by atoms with Crippen LogP contribution in [0.4, 0.5) is 5.69 Å². The quantitative estimate of drug-likeness (QED) is 0.819. The van der Waals surface area contributed by atoms with Gasteiger partial charge in [-0.25, -0.2) is 0 Å². The molecule has 0 bridgehead atoms. The number of nitrogens with zero attached hydrogens (tertiary/aromatic N) is 1. The molecule has 4 rings (SSSR count). The monoisotopic (exact) mass is 410 g/mol. The highest BCUT2D eigenvalue weighted by molar-refractivity contribution is 6.04. The Hall–Kier alpha value is -3.22. The first-order valence-electron chi connectivity index (χ1n) is 10.2. The van der Waals surface area contributed by atoms with E-state index in [2.05, 4.69) is 5.32 Å². The van der Waals surface area contributed by atoms with Crippen molar-refractivity contribution in [2.45, 2.75) is 37.8 Å². The molecular formula is C23H26N2O5. The van der Waals surface area contributed by atoms with Crippen LogP contribution in [0.3, 0.4) is 0 Å². The van der Waals surface area contributed by atoms with Gasteiger partial charge in [-0.05, 0) is 31.0 Å². The van der Waals surface area contributed by atoms with Gasteiger partial charge in [-0.15, -0.1) is 0 Å². The van der Waals surface area contributed by atoms with Crippen LogP contribution in [0.15, 0.2) is 42.5 Å². The molecule has 1 unspecified atom stereocenters. The molecule has 1 saturated carbocycles. The average molecular weight is 410 g/mol. The number of amides is 2. The van der Waals surface area contributed by atoms with E-state index in [1.807, 2.05) is 12.1 Å². The first-order chi connectivity index (χ1) is 14.6. The fraction of sp³-hybridized carbons (Fsp3) is 0.391. The summed E-state index contributed by atoms with van der Waals surface area (Å²) in [5.41, 5.74) is 1.11. The normalized spacial score (nSPS) is 18.9. The van der Waals surface area contributed by atoms with Crippen molar-refractivity contribution in [3.8, 4) is 17.2 Å². The minimum atomic E-state index is -0.901. The number of carbonyl (C=O) groups excluding carboxylic acids is 2. The zero-order valence-electron chi connectivity index (χ0n) is 17.2. The SMILES string of the molecule is COc1ccccc1N1C(=O)COc2c(OC)cccc2C1C(=O)NC1CCCC1. The van der Waals surface area contributed by atoms with E-state index in [0.717, 1.165) is 25.7 Å². The van der Waals surface area contributed by atoms with Crippen molar-refractivity contribution in [3.63, 3.8) is 0 Å². The lowest BCUT2D eigenvalue weighted by Crippen LogP contribution is -2.46. The number of para-hydroxylation sites is 3. The number of nitrogens with one attached hydrogen (secondary N) is 1. The third kappa shape index (κ3) is 3.67. The van der Waals surface area contributed by atoms with E-state index < -0.39 is 6.04 Å². The number of methoxy groups -OCH3 is 2. The molecule has 1 heterocycles. The third-order valence-electron chi connectivity index (χ3n) is 5.69. The van der Waals surface area contributed by atoms with E-state index >= 15 is 0 Å². The second-order valence-electron chi connectivity index (χ2n) is 7.50. The highest BCUT2D eigenvalue weighted by Gasteiger charge is 2.40. The molecule has 7 nitrogen and oxygen atoms in total. The van der Waals surface area contributed by atoms with Gasteiger partial charge in [-0.2, -0.15) is 0 Å². The standard InChI is InChI=1S/C23H26N2O5/c1-28-18-12-6-5-11-17(18)25-20(26)14-30-22-16(10-7-13-19(22)29-2)21(25)23(27)24-15-8-3-4-9-15/h5-7,10-13,15,21H,3-4,8-9,14H2,1-2H3,(H,24,27). The van der Waals surface area contributed by atoms with Crippen molar-refractivity contribution >= 4 is 17.5 Å². The molecular weight excluding hydrogens is 384 g/mol. The van der Waals surface area contributed by atoms with Gasteiger partial charge in [0.05, 0.1) is 19.9 Å². The molecule has 158 valence electrons. The summed E-state index contributed by atoms with van der Waals surface area (Å²) in [7, 11) is 3.08. The summed E-state index contributed by atoms with van der Waals surface area (Å²) in [6.07, 6.45) is 4.08. The lowest BCUT2D eigenvalue weighted by atomic mass is 10.0. The van der Waals surface area contributed by atoms with Crippen LogP contribution in [0.5, 0.6) is 17.2 Å². The molecule has 0 saturated heterocycles. The molecule has 2 aromatic carbocycles. The van der Waals surface area contributed by atoms with Crippen molar-refractivity contribution in [2.75, 3.05) is 25.7 Å². The van der Waals surface area contributed by atoms with Crippen LogP contribution in [-0.4, -0.2) is 38.7 Å². The summed E-state index contributed by atoms with van der Waals surface area (Å²) in [5.74, 6) is 0.847. The van der Waals surface area contributed by atoms with Gasteiger partial charge < -0.3 is 19.5 Å². The van der Waals surface area contributed by atoms with E-state index in [0.29, 0.717) is 28.5 Å². The number of rotatable bonds is 5. The predicted molar refractivity (Wildman–Crippen MR) is 112 cm³/mol. The number of fused-ring (bicyclic) bond motifs is 1. The molecule has 0 spiro atoms. The highest BCUT2D eigenvalue weighted by atomic mass is 16.5. The zero-order valence-corrected chi connectivity index (χ0v) is 17.2. The second-order valence-corrected chi connectivity index (χ2v) is 7.50. The minimum absolute atomic E-state index is 0.116. The summed E-state index contributed by atoms with van der Waals surface area (Å²) >= 11 is 0. The van der Waals surface area contributed by atoms with Gasteiger partial charge in [0.15, 0.2) is 18.1 Å². The molecule has 1 aliphatic heterocycles. The molecule has 7 heteroatoms. The number of anilines is 1. The Labute approximate surface area is 175 Å². The lowest BCUT2D eigenvalue weighted by molar-refractivity contribution is -0.127. The lowest BCUT2D eigenvalue weighted by Gasteiger charge is -2.31. The maximum Gasteiger partial charge on any atom is 0.266 e. The Bertz CT molecular complexity index is 939.